The number of hydrogen-bond acceptors (Lipinski definition) is 1. The minimum atomic E-state index is 0.990. The molecule has 0 aliphatic rings. The van der Waals surface area contributed by atoms with Crippen LogP contribution in [0.25, 0.3) is 0 Å². The number of halogens is 1. The van der Waals surface area contributed by atoms with Crippen molar-refractivity contribution in [3.63, 3.8) is 0 Å². The Bertz CT molecular complexity index is 193. The van der Waals surface area contributed by atoms with Gasteiger partial charge in [0.05, 0.1) is 0 Å². The average Bonchev–Trinajstić information content (AvgIpc) is 2.31. The fourth-order valence-electron chi connectivity index (χ4n) is 0.837. The van der Waals surface area contributed by atoms with Crippen molar-refractivity contribution >= 4 is 22.6 Å². The zero-order valence-corrected chi connectivity index (χ0v) is 8.22. The van der Waals surface area contributed by atoms with Crippen molar-refractivity contribution in [3.8, 4) is 0 Å². The highest BCUT2D eigenvalue weighted by molar-refractivity contribution is 14.1. The molecule has 0 N–H and O–H groups in total. The van der Waals surface area contributed by atoms with Crippen LogP contribution in [-0.4, -0.2) is 0 Å². The lowest BCUT2D eigenvalue weighted by atomic mass is 10.2. The zero-order valence-electron chi connectivity index (χ0n) is 6.06. The van der Waals surface area contributed by atoms with E-state index in [1.165, 1.54) is 12.8 Å². The first-order valence-corrected chi connectivity index (χ1v) is 4.65. The van der Waals surface area contributed by atoms with E-state index >= 15 is 0 Å². The lowest BCUT2D eigenvalue weighted by molar-refractivity contribution is 0.478. The zero-order chi connectivity index (χ0) is 7.40. The van der Waals surface area contributed by atoms with Crippen molar-refractivity contribution < 1.29 is 4.42 Å². The van der Waals surface area contributed by atoms with Crippen LogP contribution in [0.3, 0.4) is 0 Å². The monoisotopic (exact) mass is 250 g/mol. The van der Waals surface area contributed by atoms with Gasteiger partial charge >= 0.3 is 0 Å². The Morgan fingerprint density at radius 1 is 1.50 bits per heavy atom. The highest BCUT2D eigenvalue weighted by Crippen LogP contribution is 2.12. The summed E-state index contributed by atoms with van der Waals surface area (Å²) in [5.41, 5.74) is 0. The fourth-order valence-corrected chi connectivity index (χ4v) is 1.30. The van der Waals surface area contributed by atoms with Gasteiger partial charge in [-0.15, -0.1) is 0 Å². The molecule has 2 heteroatoms. The van der Waals surface area contributed by atoms with Crippen molar-refractivity contribution in [2.45, 2.75) is 26.2 Å². The van der Waals surface area contributed by atoms with Gasteiger partial charge in [0.15, 0.2) is 3.77 Å². The summed E-state index contributed by atoms with van der Waals surface area (Å²) in [6.45, 7) is 2.19. The Labute approximate surface area is 74.9 Å². The Hall–Kier alpha value is 0.01000. The third-order valence-electron chi connectivity index (χ3n) is 1.41. The van der Waals surface area contributed by atoms with Gasteiger partial charge in [-0.05, 0) is 41.1 Å². The molecular weight excluding hydrogens is 239 g/mol. The average molecular weight is 250 g/mol. The summed E-state index contributed by atoms with van der Waals surface area (Å²) >= 11 is 2.19. The van der Waals surface area contributed by atoms with Gasteiger partial charge in [0.1, 0.15) is 5.76 Å². The predicted octanol–water partition coefficient (Wildman–Crippen LogP) is 3.23. The molecule has 0 radical (unpaired) electrons. The van der Waals surface area contributed by atoms with E-state index in [0.717, 1.165) is 15.9 Å². The summed E-state index contributed by atoms with van der Waals surface area (Å²) in [5.74, 6) is 1.12. The van der Waals surface area contributed by atoms with Crippen LogP contribution in [0.2, 0.25) is 0 Å². The predicted molar refractivity (Wildman–Crippen MR) is 50.0 cm³/mol. The van der Waals surface area contributed by atoms with Crippen LogP contribution in [0.4, 0.5) is 0 Å². The number of unbranched alkanes of at least 4 members (excludes halogenated alkanes) is 1. The lowest BCUT2D eigenvalue weighted by Crippen LogP contribution is -1.78. The van der Waals surface area contributed by atoms with Crippen molar-refractivity contribution in [1.29, 1.82) is 0 Å². The molecule has 0 spiro atoms. The SMILES string of the molecule is CCCCc1ccc(I)o1. The molecule has 0 amide bonds. The van der Waals surface area contributed by atoms with Gasteiger partial charge < -0.3 is 4.42 Å². The first-order chi connectivity index (χ1) is 4.83. The molecule has 0 saturated heterocycles. The molecule has 10 heavy (non-hydrogen) atoms. The maximum atomic E-state index is 5.37. The highest BCUT2D eigenvalue weighted by Gasteiger charge is 1.96. The standard InChI is InChI=1S/C8H11IO/c1-2-3-4-7-5-6-8(9)10-7/h5-6H,2-4H2,1H3. The number of rotatable bonds is 3. The molecule has 0 unspecified atom stereocenters. The van der Waals surface area contributed by atoms with E-state index in [1.807, 2.05) is 6.07 Å². The highest BCUT2D eigenvalue weighted by atomic mass is 127. The number of furan rings is 1. The molecule has 1 nitrogen and oxygen atoms in total. The molecule has 0 aromatic carbocycles. The van der Waals surface area contributed by atoms with Gasteiger partial charge in [-0.2, -0.15) is 0 Å². The smallest absolute Gasteiger partial charge is 0.163 e. The van der Waals surface area contributed by atoms with Gasteiger partial charge in [0.25, 0.3) is 0 Å². The third-order valence-corrected chi connectivity index (χ3v) is 1.99. The number of hydrogen-bond donors (Lipinski definition) is 0. The summed E-state index contributed by atoms with van der Waals surface area (Å²) in [6, 6.07) is 4.06. The maximum Gasteiger partial charge on any atom is 0.163 e. The molecule has 0 atom stereocenters. The van der Waals surface area contributed by atoms with E-state index in [1.54, 1.807) is 0 Å². The second kappa shape index (κ2) is 4.01. The van der Waals surface area contributed by atoms with Crippen molar-refractivity contribution in [2.75, 3.05) is 0 Å². The Balaban J connectivity index is 2.42. The van der Waals surface area contributed by atoms with E-state index in [0.29, 0.717) is 0 Å². The van der Waals surface area contributed by atoms with Crippen LogP contribution >= 0.6 is 22.6 Å². The lowest BCUT2D eigenvalue weighted by Gasteiger charge is -1.90. The summed E-state index contributed by atoms with van der Waals surface area (Å²) < 4.78 is 6.36. The summed E-state index contributed by atoms with van der Waals surface area (Å²) in [6.07, 6.45) is 3.54. The molecule has 1 aromatic rings. The van der Waals surface area contributed by atoms with Crippen LogP contribution in [0, 0.1) is 3.77 Å². The second-order valence-corrected chi connectivity index (χ2v) is 3.37. The van der Waals surface area contributed by atoms with E-state index in [-0.39, 0.29) is 0 Å². The van der Waals surface area contributed by atoms with Crippen molar-refractivity contribution in [1.82, 2.24) is 0 Å². The molecule has 0 aliphatic heterocycles. The molecule has 0 fully saturated rings. The molecule has 1 aromatic heterocycles. The van der Waals surface area contributed by atoms with Gasteiger partial charge in [-0.25, -0.2) is 0 Å². The maximum absolute atomic E-state index is 5.37. The quantitative estimate of drug-likeness (QED) is 0.750. The Morgan fingerprint density at radius 3 is 2.80 bits per heavy atom. The van der Waals surface area contributed by atoms with Gasteiger partial charge in [-0.1, -0.05) is 13.3 Å². The van der Waals surface area contributed by atoms with E-state index in [9.17, 15) is 0 Å². The Morgan fingerprint density at radius 2 is 2.30 bits per heavy atom. The van der Waals surface area contributed by atoms with Crippen LogP contribution in [0.15, 0.2) is 16.5 Å². The Kier molecular flexibility index (Phi) is 3.25. The molecule has 1 heterocycles. The van der Waals surface area contributed by atoms with Crippen molar-refractivity contribution in [2.24, 2.45) is 0 Å². The molecule has 0 aliphatic carbocycles. The van der Waals surface area contributed by atoms with Gasteiger partial charge in [0, 0.05) is 6.42 Å². The van der Waals surface area contributed by atoms with Crippen LogP contribution in [0.5, 0.6) is 0 Å². The third kappa shape index (κ3) is 2.33. The largest absolute Gasteiger partial charge is 0.455 e. The van der Waals surface area contributed by atoms with Gasteiger partial charge in [0.2, 0.25) is 0 Å². The minimum Gasteiger partial charge on any atom is -0.455 e. The van der Waals surface area contributed by atoms with E-state index in [2.05, 4.69) is 35.6 Å². The van der Waals surface area contributed by atoms with Crippen LogP contribution in [-0.2, 0) is 6.42 Å². The normalized spacial score (nSPS) is 10.2. The number of aryl methyl sites for hydroxylation is 1. The van der Waals surface area contributed by atoms with Crippen molar-refractivity contribution in [3.05, 3.63) is 21.7 Å². The van der Waals surface area contributed by atoms with E-state index < -0.39 is 0 Å². The fraction of sp³-hybridized carbons (Fsp3) is 0.500. The molecule has 56 valence electrons. The van der Waals surface area contributed by atoms with Crippen LogP contribution < -0.4 is 0 Å². The molecule has 0 bridgehead atoms. The topological polar surface area (TPSA) is 13.1 Å². The van der Waals surface area contributed by atoms with E-state index in [4.69, 9.17) is 4.42 Å². The summed E-state index contributed by atoms with van der Waals surface area (Å²) in [4.78, 5) is 0. The molecular formula is C8H11IO. The summed E-state index contributed by atoms with van der Waals surface area (Å²) in [7, 11) is 0. The van der Waals surface area contributed by atoms with Crippen LogP contribution in [0.1, 0.15) is 25.5 Å². The molecule has 1 rings (SSSR count). The minimum absolute atomic E-state index is 0.990. The second-order valence-electron chi connectivity index (χ2n) is 2.31. The summed E-state index contributed by atoms with van der Waals surface area (Å²) in [5, 5.41) is 0. The molecule has 0 saturated carbocycles. The first kappa shape index (κ1) is 8.11. The van der Waals surface area contributed by atoms with Gasteiger partial charge in [-0.3, -0.25) is 0 Å². The first-order valence-electron chi connectivity index (χ1n) is 3.57.